The predicted molar refractivity (Wildman–Crippen MR) is 83.7 cm³/mol. The maximum atomic E-state index is 11.8. The second kappa shape index (κ2) is 7.77. The lowest BCUT2D eigenvalue weighted by Gasteiger charge is -2.09. The van der Waals surface area contributed by atoms with Gasteiger partial charge in [0.1, 0.15) is 16.4 Å². The Kier molecular flexibility index (Phi) is 6.33. The van der Waals surface area contributed by atoms with E-state index in [-0.39, 0.29) is 27.8 Å². The second-order valence-corrected chi connectivity index (χ2v) is 4.73. The molecule has 7 nitrogen and oxygen atoms in total. The predicted octanol–water partition coefficient (Wildman–Crippen LogP) is 3.43. The van der Waals surface area contributed by atoms with Crippen molar-refractivity contribution >= 4 is 46.8 Å². The quantitative estimate of drug-likeness (QED) is 0.220. The van der Waals surface area contributed by atoms with Gasteiger partial charge in [-0.15, -0.1) is 0 Å². The fourth-order valence-electron chi connectivity index (χ4n) is 1.55. The maximum Gasteiger partial charge on any atom is 0.343 e. The molecule has 0 saturated heterocycles. The van der Waals surface area contributed by atoms with Crippen LogP contribution >= 0.6 is 23.2 Å². The monoisotopic (exact) mass is 346 g/mol. The molecule has 0 amide bonds. The van der Waals surface area contributed by atoms with Gasteiger partial charge >= 0.3 is 5.97 Å². The zero-order chi connectivity index (χ0) is 16.9. The van der Waals surface area contributed by atoms with Crippen molar-refractivity contribution in [2.45, 2.75) is 6.92 Å². The molecule has 0 aliphatic rings. The number of benzene rings is 1. The van der Waals surface area contributed by atoms with Crippen molar-refractivity contribution in [2.24, 2.45) is 4.99 Å². The molecule has 0 fully saturated rings. The van der Waals surface area contributed by atoms with E-state index < -0.39 is 22.3 Å². The summed E-state index contributed by atoms with van der Waals surface area (Å²) < 4.78 is 4.79. The van der Waals surface area contributed by atoms with Crippen molar-refractivity contribution in [1.29, 1.82) is 0 Å². The van der Waals surface area contributed by atoms with Gasteiger partial charge in [0.25, 0.3) is 5.69 Å². The highest BCUT2D eigenvalue weighted by molar-refractivity contribution is 6.37. The summed E-state index contributed by atoms with van der Waals surface area (Å²) in [5.74, 6) is -1.42. The van der Waals surface area contributed by atoms with Gasteiger partial charge in [-0.3, -0.25) is 15.1 Å². The first kappa shape index (κ1) is 17.9. The molecule has 0 aliphatic heterocycles. The van der Waals surface area contributed by atoms with Crippen LogP contribution in [0.4, 0.5) is 5.69 Å². The highest BCUT2D eigenvalue weighted by atomic mass is 35.5. The number of aliphatic hydroxyl groups is 1. The third-order valence-electron chi connectivity index (χ3n) is 2.50. The normalized spacial score (nSPS) is 12.2. The van der Waals surface area contributed by atoms with Crippen molar-refractivity contribution in [3.05, 3.63) is 43.4 Å². The van der Waals surface area contributed by atoms with Crippen LogP contribution < -0.4 is 0 Å². The highest BCUT2D eigenvalue weighted by Gasteiger charge is 2.22. The number of rotatable bonds is 5. The fourth-order valence-corrected chi connectivity index (χ4v) is 2.09. The number of aliphatic imine (C=N–C) groups is 1. The van der Waals surface area contributed by atoms with Crippen LogP contribution in [0.5, 0.6) is 0 Å². The Morgan fingerprint density at radius 3 is 2.59 bits per heavy atom. The Bertz CT molecular complexity index is 671. The molecule has 118 valence electrons. The Hall–Kier alpha value is -2.12. The first-order valence-corrected chi connectivity index (χ1v) is 6.75. The van der Waals surface area contributed by atoms with E-state index >= 15 is 0 Å². The molecule has 0 unspecified atom stereocenters. The van der Waals surface area contributed by atoms with E-state index in [4.69, 9.17) is 27.9 Å². The van der Waals surface area contributed by atoms with E-state index in [9.17, 15) is 20.0 Å². The Morgan fingerprint density at radius 1 is 1.45 bits per heavy atom. The summed E-state index contributed by atoms with van der Waals surface area (Å²) >= 11 is 11.6. The zero-order valence-corrected chi connectivity index (χ0v) is 13.2. The molecule has 22 heavy (non-hydrogen) atoms. The summed E-state index contributed by atoms with van der Waals surface area (Å²) in [5.41, 5.74) is -0.854. The third-order valence-corrected chi connectivity index (χ3v) is 3.11. The lowest BCUT2D eigenvalue weighted by Crippen LogP contribution is -2.11. The van der Waals surface area contributed by atoms with Crippen LogP contribution in [0.1, 0.15) is 12.5 Å². The molecule has 1 aromatic carbocycles. The average molecular weight is 347 g/mol. The smallest absolute Gasteiger partial charge is 0.343 e. The molecule has 1 aromatic rings. The molecular formula is C13H12Cl2N2O5. The third kappa shape index (κ3) is 3.96. The van der Waals surface area contributed by atoms with Crippen LogP contribution in [-0.4, -0.2) is 35.9 Å². The first-order valence-electron chi connectivity index (χ1n) is 5.99. The summed E-state index contributed by atoms with van der Waals surface area (Å²) in [5, 5.41) is 20.9. The van der Waals surface area contributed by atoms with E-state index in [1.54, 1.807) is 6.92 Å². The van der Waals surface area contributed by atoms with Gasteiger partial charge in [-0.1, -0.05) is 23.2 Å². The number of esters is 1. The number of carbonyl (C=O) groups excluding carboxylic acids is 1. The SMILES string of the molecule is CCOC(=O)/C(C=NC)=C(/O)c1cc([N+](=O)[O-])c(Cl)cc1Cl. The number of ether oxygens (including phenoxy) is 1. The van der Waals surface area contributed by atoms with Gasteiger partial charge in [0, 0.05) is 24.9 Å². The van der Waals surface area contributed by atoms with Crippen molar-refractivity contribution in [2.75, 3.05) is 13.7 Å². The maximum absolute atomic E-state index is 11.8. The van der Waals surface area contributed by atoms with Crippen LogP contribution in [0, 0.1) is 10.1 Å². The molecule has 0 aromatic heterocycles. The van der Waals surface area contributed by atoms with E-state index in [0.717, 1.165) is 18.3 Å². The van der Waals surface area contributed by atoms with Crippen LogP contribution in [0.25, 0.3) is 5.76 Å². The van der Waals surface area contributed by atoms with E-state index in [0.29, 0.717) is 0 Å². The van der Waals surface area contributed by atoms with Gasteiger partial charge in [-0.25, -0.2) is 4.79 Å². The molecular weight excluding hydrogens is 335 g/mol. The molecule has 0 aliphatic carbocycles. The summed E-state index contributed by atoms with van der Waals surface area (Å²) in [7, 11) is 1.39. The lowest BCUT2D eigenvalue weighted by atomic mass is 10.1. The van der Waals surface area contributed by atoms with Gasteiger partial charge in [0.05, 0.1) is 16.6 Å². The van der Waals surface area contributed by atoms with Crippen LogP contribution in [-0.2, 0) is 9.53 Å². The van der Waals surface area contributed by atoms with E-state index in [1.165, 1.54) is 7.05 Å². The minimum Gasteiger partial charge on any atom is -0.506 e. The first-order chi connectivity index (χ1) is 10.3. The second-order valence-electron chi connectivity index (χ2n) is 3.91. The molecule has 0 atom stereocenters. The molecule has 0 heterocycles. The van der Waals surface area contributed by atoms with Crippen molar-refractivity contribution < 1.29 is 19.6 Å². The number of hydrogen-bond acceptors (Lipinski definition) is 6. The van der Waals surface area contributed by atoms with E-state index in [1.807, 2.05) is 0 Å². The summed E-state index contributed by atoms with van der Waals surface area (Å²) in [6.07, 6.45) is 1.07. The summed E-state index contributed by atoms with van der Waals surface area (Å²) in [4.78, 5) is 25.6. The summed E-state index contributed by atoms with van der Waals surface area (Å²) in [6.45, 7) is 1.68. The van der Waals surface area contributed by atoms with Crippen molar-refractivity contribution in [1.82, 2.24) is 0 Å². The molecule has 0 spiro atoms. The van der Waals surface area contributed by atoms with Crippen molar-refractivity contribution in [3.8, 4) is 0 Å². The molecule has 0 radical (unpaired) electrons. The minimum atomic E-state index is -0.834. The van der Waals surface area contributed by atoms with Gasteiger partial charge in [-0.05, 0) is 13.0 Å². The number of nitro groups is 1. The number of nitro benzene ring substituents is 1. The fraction of sp³-hybridized carbons (Fsp3) is 0.231. The van der Waals surface area contributed by atoms with Crippen LogP contribution in [0.15, 0.2) is 22.7 Å². The largest absolute Gasteiger partial charge is 0.506 e. The number of carbonyl (C=O) groups is 1. The van der Waals surface area contributed by atoms with Gasteiger partial charge in [-0.2, -0.15) is 0 Å². The Balaban J connectivity index is 3.55. The standard InChI is InChI=1S/C13H12Cl2N2O5/c1-3-22-13(19)8(6-16-2)12(18)7-4-11(17(20)21)10(15)5-9(7)14/h4-6,18H,3H2,1-2H3/b12-8+,16-6?. The Labute approximate surface area is 136 Å². The van der Waals surface area contributed by atoms with Crippen LogP contribution in [0.2, 0.25) is 10.0 Å². The topological polar surface area (TPSA) is 102 Å². The van der Waals surface area contributed by atoms with Gasteiger partial charge in [0.2, 0.25) is 0 Å². The van der Waals surface area contributed by atoms with Gasteiger partial charge < -0.3 is 9.84 Å². The number of halogens is 2. The number of hydrogen-bond donors (Lipinski definition) is 1. The van der Waals surface area contributed by atoms with Crippen LogP contribution in [0.3, 0.4) is 0 Å². The molecule has 1 N–H and O–H groups in total. The van der Waals surface area contributed by atoms with E-state index in [2.05, 4.69) is 4.99 Å². The van der Waals surface area contributed by atoms with Crippen molar-refractivity contribution in [3.63, 3.8) is 0 Å². The lowest BCUT2D eigenvalue weighted by molar-refractivity contribution is -0.384. The number of nitrogens with zero attached hydrogens (tertiary/aromatic N) is 2. The highest BCUT2D eigenvalue weighted by Crippen LogP contribution is 2.34. The molecule has 0 bridgehead atoms. The molecule has 0 saturated carbocycles. The minimum absolute atomic E-state index is 0.0561. The Morgan fingerprint density at radius 2 is 2.09 bits per heavy atom. The average Bonchev–Trinajstić information content (AvgIpc) is 2.44. The molecule has 1 rings (SSSR count). The molecule has 9 heteroatoms. The van der Waals surface area contributed by atoms with Gasteiger partial charge in [0.15, 0.2) is 0 Å². The zero-order valence-electron chi connectivity index (χ0n) is 11.7. The number of aliphatic hydroxyl groups excluding tert-OH is 1. The summed E-state index contributed by atoms with van der Waals surface area (Å²) in [6, 6.07) is 2.08.